The Bertz CT molecular complexity index is 658. The average molecular weight is 313 g/mol. The SMILES string of the molecule is NNC(=Nc1ccccc1)SC/C(=N/N=O)c1ccccc1. The van der Waals surface area contributed by atoms with Gasteiger partial charge in [0, 0.05) is 5.75 Å². The first kappa shape index (κ1) is 15.9. The highest BCUT2D eigenvalue weighted by Gasteiger charge is 2.07. The van der Waals surface area contributed by atoms with Crippen molar-refractivity contribution in [2.24, 2.45) is 21.2 Å². The first-order chi connectivity index (χ1) is 10.8. The summed E-state index contributed by atoms with van der Waals surface area (Å²) in [6, 6.07) is 18.8. The third-order valence-electron chi connectivity index (χ3n) is 2.72. The van der Waals surface area contributed by atoms with Crippen LogP contribution in [0.25, 0.3) is 0 Å². The van der Waals surface area contributed by atoms with E-state index in [1.807, 2.05) is 60.7 Å². The van der Waals surface area contributed by atoms with E-state index >= 15 is 0 Å². The zero-order chi connectivity index (χ0) is 15.6. The number of aliphatic imine (C=N–C) groups is 1. The van der Waals surface area contributed by atoms with E-state index in [1.54, 1.807) is 0 Å². The highest BCUT2D eigenvalue weighted by atomic mass is 32.2. The highest BCUT2D eigenvalue weighted by Crippen LogP contribution is 2.15. The van der Waals surface area contributed by atoms with Crippen LogP contribution >= 0.6 is 11.8 Å². The molecule has 7 heteroatoms. The normalized spacial score (nSPS) is 12.0. The topological polar surface area (TPSA) is 92.2 Å². The van der Waals surface area contributed by atoms with Crippen LogP contribution in [0, 0.1) is 4.91 Å². The summed E-state index contributed by atoms with van der Waals surface area (Å²) in [6.45, 7) is 0. The number of nitrogens with zero attached hydrogens (tertiary/aromatic N) is 3. The molecule has 2 aromatic carbocycles. The van der Waals surface area contributed by atoms with Crippen LogP contribution in [0.1, 0.15) is 5.56 Å². The van der Waals surface area contributed by atoms with E-state index in [9.17, 15) is 4.91 Å². The van der Waals surface area contributed by atoms with Crippen LogP contribution in [0.2, 0.25) is 0 Å². The Morgan fingerprint density at radius 3 is 2.27 bits per heavy atom. The quantitative estimate of drug-likeness (QED) is 0.292. The molecule has 2 aromatic rings. The molecule has 0 unspecified atom stereocenters. The molecule has 112 valence electrons. The molecule has 0 saturated carbocycles. The molecule has 0 atom stereocenters. The van der Waals surface area contributed by atoms with Gasteiger partial charge in [-0.1, -0.05) is 60.3 Å². The van der Waals surface area contributed by atoms with E-state index in [1.165, 1.54) is 11.8 Å². The Morgan fingerprint density at radius 2 is 1.68 bits per heavy atom. The van der Waals surface area contributed by atoms with Crippen LogP contribution in [0.15, 0.2) is 76.0 Å². The van der Waals surface area contributed by atoms with Crippen molar-refractivity contribution < 1.29 is 0 Å². The van der Waals surface area contributed by atoms with Crippen LogP contribution < -0.4 is 11.3 Å². The van der Waals surface area contributed by atoms with Crippen molar-refractivity contribution in [2.45, 2.75) is 0 Å². The summed E-state index contributed by atoms with van der Waals surface area (Å²) < 4.78 is 0. The molecular weight excluding hydrogens is 298 g/mol. The lowest BCUT2D eigenvalue weighted by Crippen LogP contribution is -2.28. The molecule has 0 aliphatic rings. The maximum absolute atomic E-state index is 10.5. The minimum atomic E-state index is 0.422. The highest BCUT2D eigenvalue weighted by molar-refractivity contribution is 8.14. The second-order valence-corrected chi connectivity index (χ2v) is 5.14. The monoisotopic (exact) mass is 313 g/mol. The van der Waals surface area contributed by atoms with Crippen LogP contribution in [0.3, 0.4) is 0 Å². The Labute approximate surface area is 132 Å². The molecule has 22 heavy (non-hydrogen) atoms. The van der Waals surface area contributed by atoms with Crippen LogP contribution in [0.4, 0.5) is 5.69 Å². The minimum absolute atomic E-state index is 0.422. The molecule has 6 nitrogen and oxygen atoms in total. The number of thioether (sulfide) groups is 1. The number of para-hydroxylation sites is 1. The van der Waals surface area contributed by atoms with Crippen LogP contribution in [-0.4, -0.2) is 16.6 Å². The van der Waals surface area contributed by atoms with E-state index in [4.69, 9.17) is 5.84 Å². The fourth-order valence-corrected chi connectivity index (χ4v) is 2.46. The summed E-state index contributed by atoms with van der Waals surface area (Å²) in [5.74, 6) is 5.92. The molecule has 0 fully saturated rings. The number of hydrazine groups is 1. The van der Waals surface area contributed by atoms with Gasteiger partial charge in [0.2, 0.25) is 0 Å². The summed E-state index contributed by atoms with van der Waals surface area (Å²) in [4.78, 5) is 14.9. The Hall–Kier alpha value is -2.51. The smallest absolute Gasteiger partial charge is 0.176 e. The summed E-state index contributed by atoms with van der Waals surface area (Å²) in [7, 11) is 0. The molecule has 0 amide bonds. The van der Waals surface area contributed by atoms with E-state index in [0.29, 0.717) is 16.6 Å². The lowest BCUT2D eigenvalue weighted by Gasteiger charge is -2.07. The molecule has 0 aliphatic heterocycles. The second kappa shape index (κ2) is 8.71. The Balaban J connectivity index is 2.10. The van der Waals surface area contributed by atoms with Crippen molar-refractivity contribution in [1.29, 1.82) is 0 Å². The van der Waals surface area contributed by atoms with Crippen molar-refractivity contribution in [2.75, 3.05) is 5.75 Å². The molecule has 2 rings (SSSR count). The molecule has 0 bridgehead atoms. The van der Waals surface area contributed by atoms with Gasteiger partial charge in [-0.3, -0.25) is 0 Å². The van der Waals surface area contributed by atoms with Crippen LogP contribution in [0.5, 0.6) is 0 Å². The number of nitrogens with two attached hydrogens (primary N) is 1. The number of amidine groups is 1. The van der Waals surface area contributed by atoms with Gasteiger partial charge >= 0.3 is 0 Å². The zero-order valence-electron chi connectivity index (χ0n) is 11.7. The molecule has 0 aromatic heterocycles. The summed E-state index contributed by atoms with van der Waals surface area (Å²) >= 11 is 1.34. The van der Waals surface area contributed by atoms with Crippen molar-refractivity contribution >= 4 is 28.3 Å². The third-order valence-corrected chi connectivity index (χ3v) is 3.62. The molecule has 0 spiro atoms. The van der Waals surface area contributed by atoms with Gasteiger partial charge in [-0.15, -0.1) is 10.0 Å². The van der Waals surface area contributed by atoms with E-state index in [0.717, 1.165) is 11.3 Å². The van der Waals surface area contributed by atoms with Crippen molar-refractivity contribution in [3.8, 4) is 0 Å². The molecular formula is C15H15N5OS. The van der Waals surface area contributed by atoms with E-state index < -0.39 is 0 Å². The molecule has 0 saturated heterocycles. The lowest BCUT2D eigenvalue weighted by molar-refractivity contribution is 1.05. The fourth-order valence-electron chi connectivity index (χ4n) is 1.71. The second-order valence-electron chi connectivity index (χ2n) is 4.18. The first-order valence-electron chi connectivity index (χ1n) is 6.51. The third kappa shape index (κ3) is 4.80. The number of nitroso groups, excluding NO2 is 1. The van der Waals surface area contributed by atoms with E-state index in [2.05, 4.69) is 20.8 Å². The maximum atomic E-state index is 10.5. The van der Waals surface area contributed by atoms with Gasteiger partial charge in [0.1, 0.15) is 0 Å². The predicted molar refractivity (Wildman–Crippen MR) is 92.1 cm³/mol. The zero-order valence-corrected chi connectivity index (χ0v) is 12.5. The van der Waals surface area contributed by atoms with Crippen molar-refractivity contribution in [3.05, 3.63) is 71.1 Å². The van der Waals surface area contributed by atoms with Gasteiger partial charge in [-0.05, 0) is 17.7 Å². The summed E-state index contributed by atoms with van der Waals surface area (Å²) in [5, 5.41) is 6.81. The number of hydrogen-bond acceptors (Lipinski definition) is 5. The molecule has 0 heterocycles. The standard InChI is InChI=1S/C15H15N5OS/c16-18-15(17-13-9-5-2-6-10-13)22-11-14(19-20-21)12-7-3-1-4-8-12/h1-10H,11,16H2,(H,17,18)/b19-14-. The fraction of sp³-hybridized carbons (Fsp3) is 0.0667. The minimum Gasteiger partial charge on any atom is -0.303 e. The van der Waals surface area contributed by atoms with Crippen LogP contribution in [-0.2, 0) is 0 Å². The average Bonchev–Trinajstić information content (AvgIpc) is 2.59. The van der Waals surface area contributed by atoms with Crippen molar-refractivity contribution in [3.63, 3.8) is 0 Å². The van der Waals surface area contributed by atoms with Gasteiger partial charge in [0.05, 0.1) is 16.7 Å². The lowest BCUT2D eigenvalue weighted by atomic mass is 10.1. The molecule has 3 N–H and O–H groups in total. The van der Waals surface area contributed by atoms with Gasteiger partial charge in [0.15, 0.2) is 5.17 Å². The number of benzene rings is 2. The predicted octanol–water partition coefficient (Wildman–Crippen LogP) is 3.04. The van der Waals surface area contributed by atoms with Gasteiger partial charge in [-0.25, -0.2) is 10.8 Å². The van der Waals surface area contributed by atoms with Gasteiger partial charge < -0.3 is 5.43 Å². The molecule has 0 aliphatic carbocycles. The Morgan fingerprint density at radius 1 is 1.05 bits per heavy atom. The van der Waals surface area contributed by atoms with E-state index in [-0.39, 0.29) is 0 Å². The number of nitrogens with one attached hydrogen (secondary N) is 1. The number of hydrogen-bond donors (Lipinski definition) is 2. The number of rotatable bonds is 5. The molecule has 0 radical (unpaired) electrons. The van der Waals surface area contributed by atoms with Crippen molar-refractivity contribution in [1.82, 2.24) is 5.43 Å². The van der Waals surface area contributed by atoms with Gasteiger partial charge in [-0.2, -0.15) is 0 Å². The van der Waals surface area contributed by atoms with Gasteiger partial charge in [0.25, 0.3) is 0 Å². The largest absolute Gasteiger partial charge is 0.303 e. The maximum Gasteiger partial charge on any atom is 0.176 e. The Kier molecular flexibility index (Phi) is 6.28. The summed E-state index contributed by atoms with van der Waals surface area (Å²) in [6.07, 6.45) is 0. The first-order valence-corrected chi connectivity index (χ1v) is 7.50. The summed E-state index contributed by atoms with van der Waals surface area (Å²) in [5.41, 5.74) is 4.74.